The van der Waals surface area contributed by atoms with Gasteiger partial charge in [-0.15, -0.1) is 0 Å². The van der Waals surface area contributed by atoms with Crippen LogP contribution in [-0.2, 0) is 10.5 Å². The molecule has 0 saturated heterocycles. The Morgan fingerprint density at radius 1 is 1.08 bits per heavy atom. The third-order valence-corrected chi connectivity index (χ3v) is 5.14. The smallest absolute Gasteiger partial charge is 0.257 e. The van der Waals surface area contributed by atoms with Crippen molar-refractivity contribution in [3.8, 4) is 0 Å². The van der Waals surface area contributed by atoms with E-state index in [9.17, 15) is 4.79 Å². The molecular formula is C18H18N2O2S2. The molecule has 1 aromatic heterocycles. The van der Waals surface area contributed by atoms with E-state index in [1.807, 2.05) is 54.2 Å². The molecule has 0 fully saturated rings. The van der Waals surface area contributed by atoms with Crippen LogP contribution >= 0.6 is 23.5 Å². The summed E-state index contributed by atoms with van der Waals surface area (Å²) in [5, 5.41) is 3.46. The highest BCUT2D eigenvalue weighted by Gasteiger charge is 2.08. The number of amides is 1. The summed E-state index contributed by atoms with van der Waals surface area (Å²) in [6.07, 6.45) is 0. The Hall–Kier alpha value is -1.92. The van der Waals surface area contributed by atoms with E-state index in [0.29, 0.717) is 17.5 Å². The minimum absolute atomic E-state index is 0.00238. The second-order valence-electron chi connectivity index (χ2n) is 5.12. The quantitative estimate of drug-likeness (QED) is 0.488. The lowest BCUT2D eigenvalue weighted by Gasteiger charge is -2.04. The number of carbonyl (C=O) groups excluding carboxylic acids is 1. The highest BCUT2D eigenvalue weighted by Crippen LogP contribution is 2.22. The predicted octanol–water partition coefficient (Wildman–Crippen LogP) is 3.97. The van der Waals surface area contributed by atoms with Crippen LogP contribution in [0.2, 0.25) is 0 Å². The van der Waals surface area contributed by atoms with Gasteiger partial charge in [0, 0.05) is 18.1 Å². The summed E-state index contributed by atoms with van der Waals surface area (Å²) in [6.45, 7) is 0.671. The molecule has 1 N–H and O–H groups in total. The fourth-order valence-electron chi connectivity index (χ4n) is 2.12. The summed E-state index contributed by atoms with van der Waals surface area (Å²) in [5.74, 6) is 2.18. The summed E-state index contributed by atoms with van der Waals surface area (Å²) < 4.78 is 5.58. The molecule has 0 saturated carbocycles. The van der Waals surface area contributed by atoms with Crippen LogP contribution in [0.5, 0.6) is 0 Å². The molecule has 2 aromatic carbocycles. The summed E-state index contributed by atoms with van der Waals surface area (Å²) in [4.78, 5) is 16.2. The number of para-hydroxylation sites is 2. The van der Waals surface area contributed by atoms with Crippen molar-refractivity contribution in [1.82, 2.24) is 10.3 Å². The topological polar surface area (TPSA) is 55.1 Å². The van der Waals surface area contributed by atoms with Crippen molar-refractivity contribution in [2.75, 3.05) is 18.1 Å². The predicted molar refractivity (Wildman–Crippen MR) is 100 cm³/mol. The van der Waals surface area contributed by atoms with Crippen LogP contribution in [0, 0.1) is 0 Å². The molecule has 3 aromatic rings. The SMILES string of the molecule is O=C(CSc1nc2ccccc2o1)NCCSCc1ccccc1. The number of oxazole rings is 1. The lowest BCUT2D eigenvalue weighted by atomic mass is 10.2. The van der Waals surface area contributed by atoms with Gasteiger partial charge in [0.2, 0.25) is 5.91 Å². The van der Waals surface area contributed by atoms with Crippen LogP contribution in [0.15, 0.2) is 64.2 Å². The molecule has 0 aliphatic heterocycles. The average Bonchev–Trinajstić information content (AvgIpc) is 3.03. The van der Waals surface area contributed by atoms with Crippen molar-refractivity contribution in [2.45, 2.75) is 11.0 Å². The molecule has 24 heavy (non-hydrogen) atoms. The second kappa shape index (κ2) is 8.80. The monoisotopic (exact) mass is 358 g/mol. The molecule has 1 heterocycles. The molecule has 6 heteroatoms. The van der Waals surface area contributed by atoms with Gasteiger partial charge in [-0.1, -0.05) is 54.2 Å². The Morgan fingerprint density at radius 2 is 1.88 bits per heavy atom. The Labute approximate surface area is 149 Å². The molecule has 3 rings (SSSR count). The Bertz CT molecular complexity index is 757. The highest BCUT2D eigenvalue weighted by atomic mass is 32.2. The number of carbonyl (C=O) groups is 1. The zero-order valence-electron chi connectivity index (χ0n) is 13.1. The fraction of sp³-hybridized carbons (Fsp3) is 0.222. The number of nitrogens with one attached hydrogen (secondary N) is 1. The first kappa shape index (κ1) is 16.9. The van der Waals surface area contributed by atoms with Crippen molar-refractivity contribution in [2.24, 2.45) is 0 Å². The molecule has 0 bridgehead atoms. The third-order valence-electron chi connectivity index (χ3n) is 3.28. The van der Waals surface area contributed by atoms with Gasteiger partial charge < -0.3 is 9.73 Å². The molecule has 124 valence electrons. The Kier molecular flexibility index (Phi) is 6.20. The van der Waals surface area contributed by atoms with Crippen molar-refractivity contribution >= 4 is 40.5 Å². The van der Waals surface area contributed by atoms with Gasteiger partial charge in [0.1, 0.15) is 5.52 Å². The van der Waals surface area contributed by atoms with Gasteiger partial charge in [-0.05, 0) is 17.7 Å². The van der Waals surface area contributed by atoms with Gasteiger partial charge in [-0.3, -0.25) is 4.79 Å². The molecule has 0 atom stereocenters. The molecule has 0 unspecified atom stereocenters. The standard InChI is InChI=1S/C18H18N2O2S2/c21-17(19-10-11-23-12-14-6-2-1-3-7-14)13-24-18-20-15-8-4-5-9-16(15)22-18/h1-9H,10-13H2,(H,19,21). The minimum atomic E-state index is 0.00238. The van der Waals surface area contributed by atoms with E-state index in [1.54, 1.807) is 0 Å². The molecule has 4 nitrogen and oxygen atoms in total. The van der Waals surface area contributed by atoms with Crippen LogP contribution < -0.4 is 5.32 Å². The zero-order valence-corrected chi connectivity index (χ0v) is 14.7. The number of nitrogens with zero attached hydrogens (tertiary/aromatic N) is 1. The molecule has 1 amide bonds. The molecule has 0 spiro atoms. The van der Waals surface area contributed by atoms with Crippen molar-refractivity contribution in [1.29, 1.82) is 0 Å². The van der Waals surface area contributed by atoms with Gasteiger partial charge in [0.25, 0.3) is 5.22 Å². The van der Waals surface area contributed by atoms with E-state index in [2.05, 4.69) is 22.4 Å². The van der Waals surface area contributed by atoms with Crippen LogP contribution in [0.3, 0.4) is 0 Å². The maximum absolute atomic E-state index is 11.9. The molecule has 0 aliphatic rings. The number of benzene rings is 2. The van der Waals surface area contributed by atoms with E-state index < -0.39 is 0 Å². The maximum atomic E-state index is 11.9. The molecule has 0 radical (unpaired) electrons. The second-order valence-corrected chi connectivity index (χ2v) is 7.16. The first-order valence-electron chi connectivity index (χ1n) is 7.68. The summed E-state index contributed by atoms with van der Waals surface area (Å²) >= 11 is 3.13. The van der Waals surface area contributed by atoms with Crippen molar-refractivity contribution in [3.05, 3.63) is 60.2 Å². The van der Waals surface area contributed by atoms with Gasteiger partial charge >= 0.3 is 0 Å². The number of hydrogen-bond acceptors (Lipinski definition) is 5. The van der Waals surface area contributed by atoms with E-state index in [1.165, 1.54) is 17.3 Å². The van der Waals surface area contributed by atoms with E-state index in [4.69, 9.17) is 4.42 Å². The summed E-state index contributed by atoms with van der Waals surface area (Å²) in [6, 6.07) is 17.9. The van der Waals surface area contributed by atoms with E-state index >= 15 is 0 Å². The van der Waals surface area contributed by atoms with Crippen LogP contribution in [0.1, 0.15) is 5.56 Å². The number of fused-ring (bicyclic) bond motifs is 1. The summed E-state index contributed by atoms with van der Waals surface area (Å²) in [5.41, 5.74) is 2.87. The first-order valence-corrected chi connectivity index (χ1v) is 9.82. The average molecular weight is 358 g/mol. The number of aromatic nitrogens is 1. The maximum Gasteiger partial charge on any atom is 0.257 e. The summed E-state index contributed by atoms with van der Waals surface area (Å²) in [7, 11) is 0. The van der Waals surface area contributed by atoms with Gasteiger partial charge in [-0.2, -0.15) is 11.8 Å². The van der Waals surface area contributed by atoms with Gasteiger partial charge in [-0.25, -0.2) is 4.98 Å². The number of rotatable bonds is 8. The number of hydrogen-bond donors (Lipinski definition) is 1. The van der Waals surface area contributed by atoms with Crippen LogP contribution in [0.25, 0.3) is 11.1 Å². The van der Waals surface area contributed by atoms with Gasteiger partial charge in [0.15, 0.2) is 5.58 Å². The number of thioether (sulfide) groups is 2. The van der Waals surface area contributed by atoms with Crippen molar-refractivity contribution in [3.63, 3.8) is 0 Å². The normalized spacial score (nSPS) is 10.8. The minimum Gasteiger partial charge on any atom is -0.431 e. The Morgan fingerprint density at radius 3 is 2.71 bits per heavy atom. The zero-order chi connectivity index (χ0) is 16.6. The lowest BCUT2D eigenvalue weighted by molar-refractivity contribution is -0.118. The van der Waals surface area contributed by atoms with E-state index in [0.717, 1.165) is 22.6 Å². The fourth-order valence-corrected chi connectivity index (χ4v) is 3.61. The molecule has 0 aliphatic carbocycles. The van der Waals surface area contributed by atoms with Crippen LogP contribution in [0.4, 0.5) is 0 Å². The third kappa shape index (κ3) is 5.04. The van der Waals surface area contributed by atoms with Crippen LogP contribution in [-0.4, -0.2) is 28.9 Å². The van der Waals surface area contributed by atoms with E-state index in [-0.39, 0.29) is 5.91 Å². The first-order chi connectivity index (χ1) is 11.8. The lowest BCUT2D eigenvalue weighted by Crippen LogP contribution is -2.27. The largest absolute Gasteiger partial charge is 0.431 e. The van der Waals surface area contributed by atoms with Crippen molar-refractivity contribution < 1.29 is 9.21 Å². The Balaban J connectivity index is 1.32. The highest BCUT2D eigenvalue weighted by molar-refractivity contribution is 7.99. The van der Waals surface area contributed by atoms with Gasteiger partial charge in [0.05, 0.1) is 5.75 Å². The molecular weight excluding hydrogens is 340 g/mol.